The Morgan fingerprint density at radius 3 is 2.29 bits per heavy atom. The van der Waals surface area contributed by atoms with Gasteiger partial charge in [-0.15, -0.1) is 12.4 Å². The van der Waals surface area contributed by atoms with E-state index in [2.05, 4.69) is 0 Å². The molecule has 0 aliphatic carbocycles. The molecule has 0 saturated carbocycles. The van der Waals surface area contributed by atoms with E-state index in [-0.39, 0.29) is 31.2 Å². The molecule has 0 radical (unpaired) electrons. The molecule has 0 heterocycles. The third-order valence-corrected chi connectivity index (χ3v) is 2.35. The van der Waals surface area contributed by atoms with Crippen LogP contribution in [0.1, 0.15) is 38.3 Å². The lowest BCUT2D eigenvalue weighted by Crippen LogP contribution is -2.11. The minimum atomic E-state index is 0. The van der Waals surface area contributed by atoms with E-state index < -0.39 is 0 Å². The van der Waals surface area contributed by atoms with Crippen molar-refractivity contribution in [2.24, 2.45) is 5.73 Å². The average Bonchev–Trinajstić information content (AvgIpc) is 2.26. The SMILES string of the molecule is CC(C)Oc1ccc([C@@H](N)CCCO)cc1.Cl. The molecule has 0 saturated heterocycles. The first-order valence-electron chi connectivity index (χ1n) is 5.76. The Morgan fingerprint density at radius 1 is 1.24 bits per heavy atom. The molecule has 0 aromatic heterocycles. The van der Waals surface area contributed by atoms with Gasteiger partial charge in [-0.1, -0.05) is 12.1 Å². The lowest BCUT2D eigenvalue weighted by Gasteiger charge is -2.13. The summed E-state index contributed by atoms with van der Waals surface area (Å²) in [6.07, 6.45) is 1.74. The van der Waals surface area contributed by atoms with Crippen LogP contribution in [0.2, 0.25) is 0 Å². The van der Waals surface area contributed by atoms with E-state index in [4.69, 9.17) is 15.6 Å². The van der Waals surface area contributed by atoms with Crippen molar-refractivity contribution in [3.8, 4) is 5.75 Å². The fourth-order valence-corrected chi connectivity index (χ4v) is 1.54. The van der Waals surface area contributed by atoms with Crippen LogP contribution in [0.4, 0.5) is 0 Å². The van der Waals surface area contributed by atoms with Gasteiger partial charge in [0, 0.05) is 12.6 Å². The third-order valence-electron chi connectivity index (χ3n) is 2.35. The highest BCUT2D eigenvalue weighted by Gasteiger charge is 2.05. The second-order valence-corrected chi connectivity index (χ2v) is 4.21. The van der Waals surface area contributed by atoms with Crippen LogP contribution in [0.3, 0.4) is 0 Å². The first kappa shape index (κ1) is 16.2. The summed E-state index contributed by atoms with van der Waals surface area (Å²) >= 11 is 0. The second-order valence-electron chi connectivity index (χ2n) is 4.21. The highest BCUT2D eigenvalue weighted by molar-refractivity contribution is 5.85. The summed E-state index contributed by atoms with van der Waals surface area (Å²) in [7, 11) is 0. The predicted molar refractivity (Wildman–Crippen MR) is 72.7 cm³/mol. The Labute approximate surface area is 109 Å². The van der Waals surface area contributed by atoms with E-state index in [9.17, 15) is 0 Å². The zero-order valence-corrected chi connectivity index (χ0v) is 11.2. The maximum Gasteiger partial charge on any atom is 0.119 e. The van der Waals surface area contributed by atoms with Gasteiger partial charge in [0.15, 0.2) is 0 Å². The number of rotatable bonds is 6. The number of hydrogen-bond donors (Lipinski definition) is 2. The van der Waals surface area contributed by atoms with Crippen LogP contribution in [0.15, 0.2) is 24.3 Å². The molecule has 0 aliphatic heterocycles. The van der Waals surface area contributed by atoms with E-state index in [0.717, 1.165) is 24.2 Å². The van der Waals surface area contributed by atoms with Crippen LogP contribution in [0.25, 0.3) is 0 Å². The number of aliphatic hydroxyl groups excluding tert-OH is 1. The maximum absolute atomic E-state index is 8.73. The second kappa shape index (κ2) is 8.34. The van der Waals surface area contributed by atoms with Gasteiger partial charge in [-0.25, -0.2) is 0 Å². The zero-order valence-electron chi connectivity index (χ0n) is 10.4. The van der Waals surface area contributed by atoms with E-state index in [0.29, 0.717) is 0 Å². The summed E-state index contributed by atoms with van der Waals surface area (Å²) in [5.41, 5.74) is 7.07. The van der Waals surface area contributed by atoms with Crippen molar-refractivity contribution in [2.45, 2.75) is 38.8 Å². The van der Waals surface area contributed by atoms with Gasteiger partial charge in [0.1, 0.15) is 5.75 Å². The molecule has 0 aliphatic rings. The summed E-state index contributed by atoms with van der Waals surface area (Å²) in [4.78, 5) is 0. The van der Waals surface area contributed by atoms with Crippen LogP contribution < -0.4 is 10.5 Å². The molecule has 0 spiro atoms. The summed E-state index contributed by atoms with van der Waals surface area (Å²) in [5, 5.41) is 8.73. The molecule has 1 aromatic rings. The van der Waals surface area contributed by atoms with Crippen molar-refractivity contribution in [2.75, 3.05) is 6.61 Å². The molecule has 3 nitrogen and oxygen atoms in total. The van der Waals surface area contributed by atoms with Crippen LogP contribution in [0, 0.1) is 0 Å². The molecule has 1 aromatic carbocycles. The lowest BCUT2D eigenvalue weighted by molar-refractivity contribution is 0.242. The van der Waals surface area contributed by atoms with Crippen LogP contribution in [-0.2, 0) is 0 Å². The van der Waals surface area contributed by atoms with E-state index in [1.165, 1.54) is 0 Å². The van der Waals surface area contributed by atoms with Crippen molar-refractivity contribution in [3.63, 3.8) is 0 Å². The lowest BCUT2D eigenvalue weighted by atomic mass is 10.0. The Bertz CT molecular complexity index is 301. The number of hydrogen-bond acceptors (Lipinski definition) is 3. The first-order valence-corrected chi connectivity index (χ1v) is 5.76. The summed E-state index contributed by atoms with van der Waals surface area (Å²) in [6, 6.07) is 7.85. The molecule has 0 amide bonds. The van der Waals surface area contributed by atoms with Gasteiger partial charge >= 0.3 is 0 Å². The summed E-state index contributed by atoms with van der Waals surface area (Å²) < 4.78 is 5.55. The largest absolute Gasteiger partial charge is 0.491 e. The molecule has 1 rings (SSSR count). The number of halogens is 1. The number of ether oxygens (including phenoxy) is 1. The topological polar surface area (TPSA) is 55.5 Å². The Hall–Kier alpha value is -0.770. The van der Waals surface area contributed by atoms with E-state index >= 15 is 0 Å². The highest BCUT2D eigenvalue weighted by atomic mass is 35.5. The summed E-state index contributed by atoms with van der Waals surface area (Å²) in [6.45, 7) is 4.20. The van der Waals surface area contributed by atoms with Crippen LogP contribution >= 0.6 is 12.4 Å². The molecular weight excluding hydrogens is 238 g/mol. The Morgan fingerprint density at radius 2 is 1.82 bits per heavy atom. The van der Waals surface area contributed by atoms with Crippen molar-refractivity contribution in [1.29, 1.82) is 0 Å². The van der Waals surface area contributed by atoms with Gasteiger partial charge in [-0.2, -0.15) is 0 Å². The fourth-order valence-electron chi connectivity index (χ4n) is 1.54. The van der Waals surface area contributed by atoms with Crippen molar-refractivity contribution >= 4 is 12.4 Å². The fraction of sp³-hybridized carbons (Fsp3) is 0.538. The average molecular weight is 260 g/mol. The van der Waals surface area contributed by atoms with E-state index in [1.54, 1.807) is 0 Å². The van der Waals surface area contributed by atoms with Gasteiger partial charge in [0.25, 0.3) is 0 Å². The first-order chi connectivity index (χ1) is 7.63. The van der Waals surface area contributed by atoms with Gasteiger partial charge < -0.3 is 15.6 Å². The number of aliphatic hydroxyl groups is 1. The molecule has 0 fully saturated rings. The molecule has 3 N–H and O–H groups in total. The number of nitrogens with two attached hydrogens (primary N) is 1. The zero-order chi connectivity index (χ0) is 12.0. The van der Waals surface area contributed by atoms with Crippen molar-refractivity contribution in [1.82, 2.24) is 0 Å². The van der Waals surface area contributed by atoms with Crippen LogP contribution in [0.5, 0.6) is 5.75 Å². The third kappa shape index (κ3) is 5.91. The molecule has 98 valence electrons. The van der Waals surface area contributed by atoms with E-state index in [1.807, 2.05) is 38.1 Å². The van der Waals surface area contributed by atoms with Crippen LogP contribution in [-0.4, -0.2) is 17.8 Å². The predicted octanol–water partition coefficient (Wildman–Crippen LogP) is 2.67. The Kier molecular flexibility index (Phi) is 7.96. The summed E-state index contributed by atoms with van der Waals surface area (Å²) in [5.74, 6) is 0.869. The monoisotopic (exact) mass is 259 g/mol. The molecule has 4 heteroatoms. The molecule has 17 heavy (non-hydrogen) atoms. The highest BCUT2D eigenvalue weighted by Crippen LogP contribution is 2.20. The number of benzene rings is 1. The molecular formula is C13H22ClNO2. The van der Waals surface area contributed by atoms with Crippen molar-refractivity contribution < 1.29 is 9.84 Å². The van der Waals surface area contributed by atoms with Gasteiger partial charge in [-0.3, -0.25) is 0 Å². The normalized spacial score (nSPS) is 12.1. The van der Waals surface area contributed by atoms with Crippen molar-refractivity contribution in [3.05, 3.63) is 29.8 Å². The standard InChI is InChI=1S/C13H21NO2.ClH/c1-10(2)16-12-7-5-11(6-8-12)13(14)4-3-9-15;/h5-8,10,13,15H,3-4,9,14H2,1-2H3;1H/t13-;/m0./s1. The maximum atomic E-state index is 8.73. The Balaban J connectivity index is 0.00000256. The minimum absolute atomic E-state index is 0. The molecule has 0 unspecified atom stereocenters. The minimum Gasteiger partial charge on any atom is -0.491 e. The quantitative estimate of drug-likeness (QED) is 0.826. The molecule has 0 bridgehead atoms. The van der Waals surface area contributed by atoms with Gasteiger partial charge in [-0.05, 0) is 44.4 Å². The van der Waals surface area contributed by atoms with Gasteiger partial charge in [0.2, 0.25) is 0 Å². The smallest absolute Gasteiger partial charge is 0.119 e. The van der Waals surface area contributed by atoms with Gasteiger partial charge in [0.05, 0.1) is 6.10 Å². The molecule has 1 atom stereocenters.